The maximum absolute atomic E-state index is 12.8. The highest BCUT2D eigenvalue weighted by atomic mass is 16.5. The monoisotopic (exact) mass is 381 g/mol. The number of benzene rings is 2. The normalized spacial score (nSPS) is 10.5. The topological polar surface area (TPSA) is 77.7 Å². The average Bonchev–Trinajstić information content (AvgIpc) is 3.12. The molecule has 1 amide bonds. The molecule has 1 aromatic heterocycles. The maximum atomic E-state index is 12.8. The second kappa shape index (κ2) is 9.03. The number of hydrogen-bond acceptors (Lipinski definition) is 6. The summed E-state index contributed by atoms with van der Waals surface area (Å²) in [6, 6.07) is 14.9. The number of carbonyl (C=O) groups is 1. The summed E-state index contributed by atoms with van der Waals surface area (Å²) >= 11 is 0. The third kappa shape index (κ3) is 4.88. The first-order chi connectivity index (χ1) is 13.5. The number of ether oxygens (including phenoxy) is 2. The number of nitrogens with zero attached hydrogens (tertiary/aromatic N) is 3. The fourth-order valence-electron chi connectivity index (χ4n) is 2.63. The molecule has 0 N–H and O–H groups in total. The molecule has 2 aromatic carbocycles. The quantitative estimate of drug-likeness (QED) is 0.595. The van der Waals surface area contributed by atoms with Gasteiger partial charge < -0.3 is 18.9 Å². The van der Waals surface area contributed by atoms with E-state index >= 15 is 0 Å². The van der Waals surface area contributed by atoms with Crippen LogP contribution in [0, 0.1) is 13.8 Å². The third-order valence-corrected chi connectivity index (χ3v) is 4.17. The van der Waals surface area contributed by atoms with Crippen molar-refractivity contribution in [2.45, 2.75) is 20.5 Å². The maximum Gasteiger partial charge on any atom is 0.257 e. The van der Waals surface area contributed by atoms with Crippen molar-refractivity contribution < 1.29 is 18.8 Å². The van der Waals surface area contributed by atoms with Gasteiger partial charge in [0.2, 0.25) is 11.7 Å². The van der Waals surface area contributed by atoms with E-state index in [1.165, 1.54) is 0 Å². The van der Waals surface area contributed by atoms with Crippen molar-refractivity contribution in [3.63, 3.8) is 0 Å². The van der Waals surface area contributed by atoms with E-state index in [-0.39, 0.29) is 12.5 Å². The van der Waals surface area contributed by atoms with Crippen LogP contribution in [0.15, 0.2) is 53.1 Å². The first kappa shape index (κ1) is 19.4. The van der Waals surface area contributed by atoms with E-state index in [4.69, 9.17) is 14.0 Å². The van der Waals surface area contributed by atoms with E-state index in [1.54, 1.807) is 37.1 Å². The van der Waals surface area contributed by atoms with Crippen molar-refractivity contribution in [3.8, 4) is 11.5 Å². The minimum Gasteiger partial charge on any atom is -0.491 e. The molecule has 0 saturated heterocycles. The standard InChI is InChI=1S/C21H23N3O4/c1-15-8-4-6-10-18(15)26-13-12-24(3)21(25)17-9-5-7-11-19(17)27-14-20-22-16(2)28-23-20/h4-11H,12-14H2,1-3H3. The van der Waals surface area contributed by atoms with Gasteiger partial charge in [-0.3, -0.25) is 4.79 Å². The fourth-order valence-corrected chi connectivity index (χ4v) is 2.63. The molecule has 1 heterocycles. The molecule has 0 unspecified atom stereocenters. The van der Waals surface area contributed by atoms with E-state index in [9.17, 15) is 4.79 Å². The molecule has 7 heteroatoms. The van der Waals surface area contributed by atoms with E-state index in [2.05, 4.69) is 10.1 Å². The second-order valence-electron chi connectivity index (χ2n) is 6.36. The van der Waals surface area contributed by atoms with Gasteiger partial charge in [-0.2, -0.15) is 4.98 Å². The number of carbonyl (C=O) groups excluding carboxylic acids is 1. The Morgan fingerprint density at radius 3 is 2.46 bits per heavy atom. The molecule has 0 fully saturated rings. The van der Waals surface area contributed by atoms with Gasteiger partial charge in [0.1, 0.15) is 18.1 Å². The lowest BCUT2D eigenvalue weighted by Crippen LogP contribution is -2.31. The smallest absolute Gasteiger partial charge is 0.257 e. The molecule has 28 heavy (non-hydrogen) atoms. The van der Waals surface area contributed by atoms with Gasteiger partial charge >= 0.3 is 0 Å². The molecular formula is C21H23N3O4. The van der Waals surface area contributed by atoms with Crippen molar-refractivity contribution in [3.05, 3.63) is 71.4 Å². The number of para-hydroxylation sites is 2. The number of amides is 1. The molecule has 0 aliphatic rings. The zero-order chi connectivity index (χ0) is 19.9. The first-order valence-electron chi connectivity index (χ1n) is 8.99. The van der Waals surface area contributed by atoms with Gasteiger partial charge in [0.15, 0.2) is 6.61 Å². The van der Waals surface area contributed by atoms with E-state index in [0.717, 1.165) is 11.3 Å². The zero-order valence-electron chi connectivity index (χ0n) is 16.2. The van der Waals surface area contributed by atoms with Gasteiger partial charge in [-0.1, -0.05) is 35.5 Å². The van der Waals surface area contributed by atoms with Crippen LogP contribution in [-0.4, -0.2) is 41.1 Å². The van der Waals surface area contributed by atoms with Crippen molar-refractivity contribution in [1.29, 1.82) is 0 Å². The number of rotatable bonds is 8. The predicted octanol–water partition coefficient (Wildman–Crippen LogP) is 3.42. The van der Waals surface area contributed by atoms with Gasteiger partial charge in [0.05, 0.1) is 12.1 Å². The largest absolute Gasteiger partial charge is 0.491 e. The van der Waals surface area contributed by atoms with Crippen LogP contribution in [0.3, 0.4) is 0 Å². The van der Waals surface area contributed by atoms with E-state index in [1.807, 2.05) is 37.3 Å². The molecule has 146 valence electrons. The summed E-state index contributed by atoms with van der Waals surface area (Å²) in [4.78, 5) is 18.5. The van der Waals surface area contributed by atoms with Gasteiger partial charge in [-0.25, -0.2) is 0 Å². The highest BCUT2D eigenvalue weighted by Gasteiger charge is 2.17. The molecule has 0 spiro atoms. The minimum atomic E-state index is -0.145. The molecule has 3 rings (SSSR count). The van der Waals surface area contributed by atoms with Gasteiger partial charge in [-0.05, 0) is 30.7 Å². The van der Waals surface area contributed by atoms with Crippen LogP contribution in [-0.2, 0) is 6.61 Å². The number of likely N-dealkylation sites (N-methyl/N-ethyl adjacent to an activating group) is 1. The number of aryl methyl sites for hydroxylation is 2. The lowest BCUT2D eigenvalue weighted by Gasteiger charge is -2.19. The van der Waals surface area contributed by atoms with Crippen molar-refractivity contribution in [2.75, 3.05) is 20.2 Å². The first-order valence-corrected chi connectivity index (χ1v) is 8.99. The van der Waals surface area contributed by atoms with Crippen LogP contribution >= 0.6 is 0 Å². The Kier molecular flexibility index (Phi) is 6.26. The molecule has 0 radical (unpaired) electrons. The van der Waals surface area contributed by atoms with Crippen LogP contribution in [0.5, 0.6) is 11.5 Å². The van der Waals surface area contributed by atoms with Crippen molar-refractivity contribution in [2.24, 2.45) is 0 Å². The molecule has 0 saturated carbocycles. The third-order valence-electron chi connectivity index (χ3n) is 4.17. The van der Waals surface area contributed by atoms with Crippen LogP contribution in [0.2, 0.25) is 0 Å². The summed E-state index contributed by atoms with van der Waals surface area (Å²) in [6.07, 6.45) is 0. The van der Waals surface area contributed by atoms with Gasteiger partial charge in [0, 0.05) is 14.0 Å². The summed E-state index contributed by atoms with van der Waals surface area (Å²) in [7, 11) is 1.74. The van der Waals surface area contributed by atoms with Crippen LogP contribution in [0.1, 0.15) is 27.6 Å². The lowest BCUT2D eigenvalue weighted by molar-refractivity contribution is 0.0768. The van der Waals surface area contributed by atoms with Gasteiger partial charge in [0.25, 0.3) is 5.91 Å². The van der Waals surface area contributed by atoms with E-state index < -0.39 is 0 Å². The molecule has 0 bridgehead atoms. The van der Waals surface area contributed by atoms with Crippen molar-refractivity contribution >= 4 is 5.91 Å². The highest BCUT2D eigenvalue weighted by molar-refractivity contribution is 5.96. The van der Waals surface area contributed by atoms with Crippen LogP contribution in [0.4, 0.5) is 0 Å². The molecule has 0 aliphatic carbocycles. The average molecular weight is 381 g/mol. The second-order valence-corrected chi connectivity index (χ2v) is 6.36. The summed E-state index contributed by atoms with van der Waals surface area (Å²) in [6.45, 7) is 4.68. The Morgan fingerprint density at radius 1 is 1.04 bits per heavy atom. The molecule has 3 aromatic rings. The van der Waals surface area contributed by atoms with E-state index in [0.29, 0.717) is 36.2 Å². The number of hydrogen-bond donors (Lipinski definition) is 0. The SMILES string of the molecule is Cc1nc(COc2ccccc2C(=O)N(C)CCOc2ccccc2C)no1. The predicted molar refractivity (Wildman–Crippen MR) is 103 cm³/mol. The summed E-state index contributed by atoms with van der Waals surface area (Å²) < 4.78 is 16.4. The Hall–Kier alpha value is -3.35. The Morgan fingerprint density at radius 2 is 1.75 bits per heavy atom. The Balaban J connectivity index is 1.59. The summed E-state index contributed by atoms with van der Waals surface area (Å²) in [5.74, 6) is 2.05. The summed E-state index contributed by atoms with van der Waals surface area (Å²) in [5, 5.41) is 3.79. The minimum absolute atomic E-state index is 0.127. The lowest BCUT2D eigenvalue weighted by atomic mass is 10.2. The van der Waals surface area contributed by atoms with Crippen molar-refractivity contribution in [1.82, 2.24) is 15.0 Å². The highest BCUT2D eigenvalue weighted by Crippen LogP contribution is 2.21. The van der Waals surface area contributed by atoms with Crippen LogP contribution in [0.25, 0.3) is 0 Å². The summed E-state index contributed by atoms with van der Waals surface area (Å²) in [5.41, 5.74) is 1.54. The Labute approximate surface area is 163 Å². The van der Waals surface area contributed by atoms with Crippen LogP contribution < -0.4 is 9.47 Å². The molecular weight excluding hydrogens is 358 g/mol. The molecule has 7 nitrogen and oxygen atoms in total. The fraction of sp³-hybridized carbons (Fsp3) is 0.286. The Bertz CT molecular complexity index is 939. The molecule has 0 atom stereocenters. The van der Waals surface area contributed by atoms with Gasteiger partial charge in [-0.15, -0.1) is 0 Å². The zero-order valence-corrected chi connectivity index (χ0v) is 16.2. The number of aromatic nitrogens is 2. The molecule has 0 aliphatic heterocycles.